The summed E-state index contributed by atoms with van der Waals surface area (Å²) in [5, 5.41) is 6.28. The van der Waals surface area contributed by atoms with Crippen molar-refractivity contribution in [2.45, 2.75) is 44.6 Å². The first-order valence-electron chi connectivity index (χ1n) is 10.1. The molecule has 2 unspecified atom stereocenters. The predicted octanol–water partition coefficient (Wildman–Crippen LogP) is 3.16. The van der Waals surface area contributed by atoms with Gasteiger partial charge < -0.3 is 25.0 Å². The number of nitrogens with zero attached hydrogens (tertiary/aromatic N) is 1. The molecule has 0 aromatic heterocycles. The normalized spacial score (nSPS) is 25.5. The first-order chi connectivity index (χ1) is 13.1. The van der Waals surface area contributed by atoms with Crippen molar-refractivity contribution >= 4 is 11.7 Å². The lowest BCUT2D eigenvalue weighted by atomic mass is 9.93. The Balaban J connectivity index is 1.27. The van der Waals surface area contributed by atoms with E-state index in [9.17, 15) is 4.79 Å². The fourth-order valence-corrected chi connectivity index (χ4v) is 4.89. The second-order valence-electron chi connectivity index (χ2n) is 8.31. The monoisotopic (exact) mass is 373 g/mol. The Hall–Kier alpha value is -2.11. The molecular formula is C21H31N3O3. The van der Waals surface area contributed by atoms with Gasteiger partial charge in [-0.2, -0.15) is 0 Å². The van der Waals surface area contributed by atoms with E-state index in [1.165, 1.54) is 32.1 Å². The van der Waals surface area contributed by atoms with Crippen LogP contribution in [-0.2, 0) is 0 Å². The Kier molecular flexibility index (Phi) is 5.06. The van der Waals surface area contributed by atoms with Gasteiger partial charge in [0.15, 0.2) is 0 Å². The van der Waals surface area contributed by atoms with Gasteiger partial charge in [0.1, 0.15) is 11.5 Å². The van der Waals surface area contributed by atoms with E-state index in [0.717, 1.165) is 43.2 Å². The zero-order valence-corrected chi connectivity index (χ0v) is 16.4. The average molecular weight is 373 g/mol. The smallest absolute Gasteiger partial charge is 0.315 e. The van der Waals surface area contributed by atoms with Crippen molar-refractivity contribution in [3.05, 3.63) is 18.2 Å². The molecule has 1 aliphatic heterocycles. The fraction of sp³-hybridized carbons (Fsp3) is 0.667. The van der Waals surface area contributed by atoms with Gasteiger partial charge in [0.2, 0.25) is 0 Å². The van der Waals surface area contributed by atoms with Gasteiger partial charge in [0.05, 0.1) is 14.2 Å². The van der Waals surface area contributed by atoms with Crippen LogP contribution in [-0.4, -0.2) is 45.9 Å². The van der Waals surface area contributed by atoms with E-state index >= 15 is 0 Å². The molecule has 3 aliphatic rings. The summed E-state index contributed by atoms with van der Waals surface area (Å²) in [6, 6.07) is 6.05. The molecule has 1 spiro atoms. The zero-order chi connectivity index (χ0) is 18.9. The quantitative estimate of drug-likeness (QED) is 0.804. The highest BCUT2D eigenvalue weighted by Gasteiger charge is 2.51. The highest BCUT2D eigenvalue weighted by atomic mass is 16.5. The lowest BCUT2D eigenvalue weighted by molar-refractivity contribution is 0.233. The van der Waals surface area contributed by atoms with Gasteiger partial charge in [-0.1, -0.05) is 6.42 Å². The second kappa shape index (κ2) is 7.49. The van der Waals surface area contributed by atoms with Gasteiger partial charge >= 0.3 is 6.03 Å². The molecule has 4 rings (SSSR count). The zero-order valence-electron chi connectivity index (χ0n) is 16.4. The molecule has 3 fully saturated rings. The summed E-state index contributed by atoms with van der Waals surface area (Å²) in [6.45, 7) is 2.54. The molecule has 27 heavy (non-hydrogen) atoms. The van der Waals surface area contributed by atoms with Crippen LogP contribution in [0.3, 0.4) is 0 Å². The minimum Gasteiger partial charge on any atom is -0.497 e. The van der Waals surface area contributed by atoms with Gasteiger partial charge in [-0.15, -0.1) is 0 Å². The van der Waals surface area contributed by atoms with Crippen LogP contribution in [0, 0.1) is 11.3 Å². The Bertz CT molecular complexity index is 667. The van der Waals surface area contributed by atoms with Gasteiger partial charge in [0, 0.05) is 49.6 Å². The molecule has 6 heteroatoms. The van der Waals surface area contributed by atoms with Crippen LogP contribution in [0.2, 0.25) is 0 Å². The highest BCUT2D eigenvalue weighted by Crippen LogP contribution is 2.60. The number of urea groups is 1. The summed E-state index contributed by atoms with van der Waals surface area (Å²) in [7, 11) is 3.32. The van der Waals surface area contributed by atoms with Gasteiger partial charge in [-0.3, -0.25) is 0 Å². The van der Waals surface area contributed by atoms with Crippen LogP contribution in [0.5, 0.6) is 11.5 Å². The van der Waals surface area contributed by atoms with Crippen molar-refractivity contribution in [2.75, 3.05) is 38.8 Å². The third kappa shape index (κ3) is 3.94. The third-order valence-corrected chi connectivity index (χ3v) is 6.72. The van der Waals surface area contributed by atoms with Crippen LogP contribution < -0.4 is 25.0 Å². The van der Waals surface area contributed by atoms with E-state index in [0.29, 0.717) is 11.3 Å². The molecule has 1 saturated heterocycles. The molecule has 2 atom stereocenters. The van der Waals surface area contributed by atoms with Crippen LogP contribution in [0.1, 0.15) is 38.5 Å². The van der Waals surface area contributed by atoms with Crippen LogP contribution >= 0.6 is 0 Å². The molecule has 0 radical (unpaired) electrons. The van der Waals surface area contributed by atoms with Crippen molar-refractivity contribution in [2.24, 2.45) is 11.3 Å². The van der Waals surface area contributed by atoms with E-state index in [-0.39, 0.29) is 12.1 Å². The molecule has 1 heterocycles. The number of rotatable bonds is 6. The van der Waals surface area contributed by atoms with E-state index in [2.05, 4.69) is 15.5 Å². The Morgan fingerprint density at radius 3 is 2.56 bits per heavy atom. The number of amides is 2. The number of benzene rings is 1. The third-order valence-electron chi connectivity index (χ3n) is 6.72. The summed E-state index contributed by atoms with van der Waals surface area (Å²) in [4.78, 5) is 14.6. The van der Waals surface area contributed by atoms with Crippen LogP contribution in [0.15, 0.2) is 18.2 Å². The van der Waals surface area contributed by atoms with Crippen LogP contribution in [0.4, 0.5) is 10.5 Å². The predicted molar refractivity (Wildman–Crippen MR) is 106 cm³/mol. The number of carbonyl (C=O) groups excluding carboxylic acids is 1. The Labute approximate surface area is 161 Å². The number of hydrogen-bond acceptors (Lipinski definition) is 4. The molecule has 2 aliphatic carbocycles. The molecule has 1 aromatic rings. The molecular weight excluding hydrogens is 342 g/mol. The SMILES string of the molecule is COc1cc(OC)cc(N2CCC(NC(=O)NCC3CCCC34CC4)C2)c1. The van der Waals surface area contributed by atoms with Crippen LogP contribution in [0.25, 0.3) is 0 Å². The first-order valence-corrected chi connectivity index (χ1v) is 10.1. The summed E-state index contributed by atoms with van der Waals surface area (Å²) >= 11 is 0. The fourth-order valence-electron chi connectivity index (χ4n) is 4.89. The minimum atomic E-state index is -0.0206. The standard InChI is InChI=1S/C21H31N3O3/c1-26-18-10-17(11-19(12-18)27-2)24-9-5-16(14-24)23-20(25)22-13-15-4-3-6-21(15)7-8-21/h10-12,15-16H,3-9,13-14H2,1-2H3,(H2,22,23,25). The van der Waals surface area contributed by atoms with Crippen molar-refractivity contribution < 1.29 is 14.3 Å². The van der Waals surface area contributed by atoms with E-state index in [4.69, 9.17) is 9.47 Å². The van der Waals surface area contributed by atoms with Gasteiger partial charge in [0.25, 0.3) is 0 Å². The van der Waals surface area contributed by atoms with Crippen molar-refractivity contribution in [3.63, 3.8) is 0 Å². The van der Waals surface area contributed by atoms with Gasteiger partial charge in [-0.25, -0.2) is 4.79 Å². The molecule has 6 nitrogen and oxygen atoms in total. The number of anilines is 1. The number of methoxy groups -OCH3 is 2. The number of carbonyl (C=O) groups is 1. The lowest BCUT2D eigenvalue weighted by Gasteiger charge is -2.22. The molecule has 2 amide bonds. The minimum absolute atomic E-state index is 0.0206. The second-order valence-corrected chi connectivity index (χ2v) is 8.31. The summed E-state index contributed by atoms with van der Waals surface area (Å²) in [5.74, 6) is 2.25. The Morgan fingerprint density at radius 1 is 1.15 bits per heavy atom. The molecule has 1 aromatic carbocycles. The first kappa shape index (κ1) is 18.3. The van der Waals surface area contributed by atoms with Crippen molar-refractivity contribution in [1.29, 1.82) is 0 Å². The number of nitrogens with one attached hydrogen (secondary N) is 2. The molecule has 148 valence electrons. The average Bonchev–Trinajstić information content (AvgIpc) is 3.12. The largest absolute Gasteiger partial charge is 0.497 e. The summed E-state index contributed by atoms with van der Waals surface area (Å²) < 4.78 is 10.7. The number of ether oxygens (including phenoxy) is 2. The number of hydrogen-bond donors (Lipinski definition) is 2. The van der Waals surface area contributed by atoms with E-state index < -0.39 is 0 Å². The van der Waals surface area contributed by atoms with E-state index in [1.54, 1.807) is 14.2 Å². The van der Waals surface area contributed by atoms with Gasteiger partial charge in [-0.05, 0) is 43.4 Å². The lowest BCUT2D eigenvalue weighted by Crippen LogP contribution is -2.45. The van der Waals surface area contributed by atoms with Crippen molar-refractivity contribution in [3.8, 4) is 11.5 Å². The molecule has 2 N–H and O–H groups in total. The summed E-state index contributed by atoms with van der Waals surface area (Å²) in [6.07, 6.45) is 7.64. The maximum absolute atomic E-state index is 12.4. The van der Waals surface area contributed by atoms with Crippen molar-refractivity contribution in [1.82, 2.24) is 10.6 Å². The topological polar surface area (TPSA) is 62.8 Å². The summed E-state index contributed by atoms with van der Waals surface area (Å²) in [5.41, 5.74) is 1.65. The maximum Gasteiger partial charge on any atom is 0.315 e. The highest BCUT2D eigenvalue weighted by molar-refractivity contribution is 5.74. The molecule has 0 bridgehead atoms. The molecule has 2 saturated carbocycles. The van der Waals surface area contributed by atoms with E-state index in [1.807, 2.05) is 18.2 Å². The Morgan fingerprint density at radius 2 is 1.89 bits per heavy atom. The maximum atomic E-state index is 12.4.